The first-order chi connectivity index (χ1) is 31.7. The molecular weight excluding hydrogens is 777 g/mol. The number of fused-ring (bicyclic) bond motifs is 4. The zero-order valence-electron chi connectivity index (χ0n) is 34.6. The van der Waals surface area contributed by atoms with E-state index in [9.17, 15) is 5.26 Å². The van der Waals surface area contributed by atoms with Gasteiger partial charge in [0.25, 0.3) is 0 Å². The van der Waals surface area contributed by atoms with Crippen LogP contribution in [0.2, 0.25) is 0 Å². The molecule has 11 aromatic rings. The molecule has 64 heavy (non-hydrogen) atoms. The van der Waals surface area contributed by atoms with Gasteiger partial charge in [0.15, 0.2) is 17.5 Å². The molecule has 12 rings (SSSR count). The van der Waals surface area contributed by atoms with Crippen molar-refractivity contribution in [1.82, 2.24) is 15.0 Å². The first kappa shape index (κ1) is 37.0. The minimum atomic E-state index is 0.572. The lowest BCUT2D eigenvalue weighted by Gasteiger charge is -2.14. The van der Waals surface area contributed by atoms with Crippen LogP contribution in [0.25, 0.3) is 122 Å². The lowest BCUT2D eigenvalue weighted by molar-refractivity contribution is 1.07. The summed E-state index contributed by atoms with van der Waals surface area (Å²) in [5, 5.41) is 15.4. The Labute approximate surface area is 371 Å². The molecule has 0 aliphatic heterocycles. The lowest BCUT2D eigenvalue weighted by Crippen LogP contribution is -2.00. The highest BCUT2D eigenvalue weighted by Crippen LogP contribution is 2.49. The van der Waals surface area contributed by atoms with E-state index in [1.54, 1.807) is 0 Å². The van der Waals surface area contributed by atoms with Crippen molar-refractivity contribution >= 4 is 21.5 Å². The highest BCUT2D eigenvalue weighted by Gasteiger charge is 2.23. The van der Waals surface area contributed by atoms with Crippen molar-refractivity contribution in [2.75, 3.05) is 0 Å². The third-order valence-corrected chi connectivity index (χ3v) is 12.6. The summed E-state index contributed by atoms with van der Waals surface area (Å²) in [6.45, 7) is 0. The summed E-state index contributed by atoms with van der Waals surface area (Å²) in [5.41, 5.74) is 16.9. The Bertz CT molecular complexity index is 3620. The molecule has 296 valence electrons. The average molecular weight is 813 g/mol. The normalized spacial score (nSPS) is 11.4. The summed E-state index contributed by atoms with van der Waals surface area (Å²) < 4.78 is 0. The molecule has 1 aromatic heterocycles. The van der Waals surface area contributed by atoms with E-state index >= 15 is 0 Å². The molecule has 0 atom stereocenters. The van der Waals surface area contributed by atoms with Crippen molar-refractivity contribution in [3.05, 3.63) is 224 Å². The quantitative estimate of drug-likeness (QED) is 0.161. The fourth-order valence-electron chi connectivity index (χ4n) is 9.53. The van der Waals surface area contributed by atoms with Gasteiger partial charge in [0.05, 0.1) is 11.6 Å². The predicted molar refractivity (Wildman–Crippen MR) is 262 cm³/mol. The molecule has 0 bridgehead atoms. The van der Waals surface area contributed by atoms with Crippen LogP contribution in [0.5, 0.6) is 0 Å². The van der Waals surface area contributed by atoms with Gasteiger partial charge < -0.3 is 0 Å². The minimum Gasteiger partial charge on any atom is -0.208 e. The summed E-state index contributed by atoms with van der Waals surface area (Å²) >= 11 is 0. The van der Waals surface area contributed by atoms with Gasteiger partial charge in [0, 0.05) is 22.3 Å². The van der Waals surface area contributed by atoms with Crippen molar-refractivity contribution in [2.24, 2.45) is 0 Å². The number of nitriles is 1. The van der Waals surface area contributed by atoms with Crippen LogP contribution >= 0.6 is 0 Å². The summed E-state index contributed by atoms with van der Waals surface area (Å²) in [5.74, 6) is 1.77. The van der Waals surface area contributed by atoms with Gasteiger partial charge in [-0.2, -0.15) is 5.26 Å². The first-order valence-electron chi connectivity index (χ1n) is 21.5. The third kappa shape index (κ3) is 6.26. The van der Waals surface area contributed by atoms with Crippen LogP contribution in [-0.2, 0) is 0 Å². The topological polar surface area (TPSA) is 62.5 Å². The van der Waals surface area contributed by atoms with Gasteiger partial charge >= 0.3 is 0 Å². The summed E-state index contributed by atoms with van der Waals surface area (Å²) in [6, 6.07) is 78.6. The SMILES string of the molecule is N#Cc1cccc(-c2ccc(-c3ccc4c5c(cccc35)-c3ccccc3-4)cc2)c1-c1ccc(-c2nc(-c3ccccc3)nc(-c3cccc(-c4cccc5ccccc45)c3)n2)cc1. The average Bonchev–Trinajstić information content (AvgIpc) is 3.71. The maximum absolute atomic E-state index is 10.4. The molecule has 0 saturated carbocycles. The molecule has 1 aliphatic carbocycles. The lowest BCUT2D eigenvalue weighted by atomic mass is 9.89. The monoisotopic (exact) mass is 812 g/mol. The van der Waals surface area contributed by atoms with E-state index in [1.807, 2.05) is 54.6 Å². The number of aromatic nitrogens is 3. The first-order valence-corrected chi connectivity index (χ1v) is 21.5. The summed E-state index contributed by atoms with van der Waals surface area (Å²) in [7, 11) is 0. The zero-order valence-corrected chi connectivity index (χ0v) is 34.6. The molecule has 0 amide bonds. The van der Waals surface area contributed by atoms with Crippen LogP contribution in [0.1, 0.15) is 5.56 Å². The summed E-state index contributed by atoms with van der Waals surface area (Å²) in [4.78, 5) is 15.2. The number of benzene rings is 10. The number of hydrogen-bond donors (Lipinski definition) is 0. The van der Waals surface area contributed by atoms with Crippen LogP contribution in [0.4, 0.5) is 0 Å². The van der Waals surface area contributed by atoms with Crippen molar-refractivity contribution < 1.29 is 0 Å². The van der Waals surface area contributed by atoms with Crippen molar-refractivity contribution in [1.29, 1.82) is 5.26 Å². The Morgan fingerprint density at radius 2 is 0.750 bits per heavy atom. The second kappa shape index (κ2) is 15.3. The standard InChI is InChI=1S/C60H36N4/c61-37-46-18-10-23-50(40-28-26-39(27-29-40)49-34-35-55-52-21-7-6-20-51(52)54-25-11-24-53(49)57(54)55)56(46)41-30-32-43(33-31-41)59-62-58(42-13-2-1-3-14-42)63-60(64-59)45-17-8-16-44(36-45)48-22-9-15-38-12-4-5-19-47(38)48/h1-36H. The second-order valence-electron chi connectivity index (χ2n) is 16.2. The minimum absolute atomic E-state index is 0.572. The van der Waals surface area contributed by atoms with E-state index < -0.39 is 0 Å². The van der Waals surface area contributed by atoms with Gasteiger partial charge in [0.1, 0.15) is 0 Å². The Hall–Kier alpha value is -8.78. The molecule has 1 heterocycles. The molecule has 1 aliphatic rings. The van der Waals surface area contributed by atoms with E-state index in [-0.39, 0.29) is 0 Å². The Morgan fingerprint density at radius 1 is 0.297 bits per heavy atom. The Balaban J connectivity index is 0.905. The molecule has 4 heteroatoms. The van der Waals surface area contributed by atoms with Crippen LogP contribution in [0.15, 0.2) is 218 Å². The fourth-order valence-corrected chi connectivity index (χ4v) is 9.53. The van der Waals surface area contributed by atoms with E-state index in [4.69, 9.17) is 15.0 Å². The van der Waals surface area contributed by atoms with Gasteiger partial charge in [-0.05, 0) is 94.9 Å². The van der Waals surface area contributed by atoms with Gasteiger partial charge in [-0.15, -0.1) is 0 Å². The van der Waals surface area contributed by atoms with Crippen LogP contribution < -0.4 is 0 Å². The zero-order chi connectivity index (χ0) is 42.6. The molecule has 10 aromatic carbocycles. The summed E-state index contributed by atoms with van der Waals surface area (Å²) in [6.07, 6.45) is 0. The van der Waals surface area contributed by atoms with E-state index in [2.05, 4.69) is 170 Å². The van der Waals surface area contributed by atoms with Gasteiger partial charge in [0.2, 0.25) is 0 Å². The van der Waals surface area contributed by atoms with Crippen LogP contribution in [-0.4, -0.2) is 15.0 Å². The van der Waals surface area contributed by atoms with E-state index in [1.165, 1.54) is 49.4 Å². The van der Waals surface area contributed by atoms with Gasteiger partial charge in [-0.1, -0.05) is 206 Å². The van der Waals surface area contributed by atoms with E-state index in [0.29, 0.717) is 23.0 Å². The molecule has 0 radical (unpaired) electrons. The van der Waals surface area contributed by atoms with Crippen molar-refractivity contribution in [3.8, 4) is 107 Å². The molecule has 0 N–H and O–H groups in total. The Morgan fingerprint density at radius 3 is 1.52 bits per heavy atom. The predicted octanol–water partition coefficient (Wildman–Crippen LogP) is 15.4. The molecule has 0 unspecified atom stereocenters. The van der Waals surface area contributed by atoms with Crippen molar-refractivity contribution in [3.63, 3.8) is 0 Å². The molecule has 0 saturated heterocycles. The number of rotatable bonds is 7. The van der Waals surface area contributed by atoms with Crippen molar-refractivity contribution in [2.45, 2.75) is 0 Å². The second-order valence-corrected chi connectivity index (χ2v) is 16.2. The fraction of sp³-hybridized carbons (Fsp3) is 0. The Kier molecular flexibility index (Phi) is 8.84. The highest BCUT2D eigenvalue weighted by atomic mass is 15.0. The van der Waals surface area contributed by atoms with Crippen LogP contribution in [0.3, 0.4) is 0 Å². The highest BCUT2D eigenvalue weighted by molar-refractivity contribution is 6.18. The molecular formula is C60H36N4. The number of hydrogen-bond acceptors (Lipinski definition) is 4. The van der Waals surface area contributed by atoms with Gasteiger partial charge in [-0.25, -0.2) is 15.0 Å². The largest absolute Gasteiger partial charge is 0.208 e. The molecule has 0 spiro atoms. The molecule has 0 fully saturated rings. The van der Waals surface area contributed by atoms with Gasteiger partial charge in [-0.3, -0.25) is 0 Å². The maximum atomic E-state index is 10.4. The number of nitrogens with zero attached hydrogens (tertiary/aromatic N) is 4. The smallest absolute Gasteiger partial charge is 0.164 e. The van der Waals surface area contributed by atoms with E-state index in [0.717, 1.165) is 55.6 Å². The van der Waals surface area contributed by atoms with Crippen LogP contribution in [0, 0.1) is 11.3 Å². The molecule has 4 nitrogen and oxygen atoms in total. The third-order valence-electron chi connectivity index (χ3n) is 12.6. The maximum Gasteiger partial charge on any atom is 0.164 e.